The number of hydrogen-bond acceptors (Lipinski definition) is 5. The molecule has 0 unspecified atom stereocenters. The third kappa shape index (κ3) is 4.98. The highest BCUT2D eigenvalue weighted by atomic mass is 19.4. The average Bonchev–Trinajstić information content (AvgIpc) is 3.34. The van der Waals surface area contributed by atoms with E-state index in [1.54, 1.807) is 0 Å². The Morgan fingerprint density at radius 2 is 1.62 bits per heavy atom. The lowest BCUT2D eigenvalue weighted by atomic mass is 10.1. The van der Waals surface area contributed by atoms with Gasteiger partial charge in [-0.05, 0) is 31.9 Å². The zero-order valence-corrected chi connectivity index (χ0v) is 18.8. The molecule has 8 nitrogen and oxygen atoms in total. The van der Waals surface area contributed by atoms with Gasteiger partial charge in [-0.3, -0.25) is 19.3 Å². The van der Waals surface area contributed by atoms with E-state index in [0.717, 1.165) is 42.7 Å². The Bertz CT molecular complexity index is 1130. The summed E-state index contributed by atoms with van der Waals surface area (Å²) in [4.78, 5) is 43.2. The van der Waals surface area contributed by atoms with E-state index >= 15 is 0 Å². The average molecular weight is 477 g/mol. The van der Waals surface area contributed by atoms with Gasteiger partial charge in [0.25, 0.3) is 5.91 Å². The first-order valence-electron chi connectivity index (χ1n) is 11.2. The SMILES string of the molecule is Cc1cc(=O)c(C(=O)N2CCN(CC(=O)N3CCCC3)CC2)nn1-c1ccccc1C(F)(F)F. The molecule has 2 aliphatic heterocycles. The monoisotopic (exact) mass is 477 g/mol. The number of para-hydroxylation sites is 1. The molecule has 2 amide bonds. The van der Waals surface area contributed by atoms with Gasteiger partial charge >= 0.3 is 6.18 Å². The standard InChI is InChI=1S/C23H26F3N5O3/c1-16-14-19(32)21(27-31(16)18-7-3-2-6-17(18)23(24,25)26)22(34)30-12-10-28(11-13-30)15-20(33)29-8-4-5-9-29/h2-3,6-7,14H,4-5,8-13,15H2,1H3. The molecule has 2 fully saturated rings. The van der Waals surface area contributed by atoms with Crippen LogP contribution in [-0.4, -0.2) is 82.1 Å². The van der Waals surface area contributed by atoms with Crippen molar-refractivity contribution in [3.05, 3.63) is 57.5 Å². The number of piperazine rings is 1. The summed E-state index contributed by atoms with van der Waals surface area (Å²) in [5.74, 6) is -0.558. The summed E-state index contributed by atoms with van der Waals surface area (Å²) < 4.78 is 41.5. The maximum absolute atomic E-state index is 13.5. The van der Waals surface area contributed by atoms with E-state index in [9.17, 15) is 27.6 Å². The number of aromatic nitrogens is 2. The lowest BCUT2D eigenvalue weighted by Crippen LogP contribution is -2.52. The van der Waals surface area contributed by atoms with Crippen LogP contribution in [0.4, 0.5) is 13.2 Å². The maximum Gasteiger partial charge on any atom is 0.418 e. The largest absolute Gasteiger partial charge is 0.418 e. The molecular weight excluding hydrogens is 451 g/mol. The number of carbonyl (C=O) groups excluding carboxylic acids is 2. The van der Waals surface area contributed by atoms with Gasteiger partial charge in [0, 0.05) is 51.0 Å². The second-order valence-corrected chi connectivity index (χ2v) is 8.58. The predicted molar refractivity (Wildman–Crippen MR) is 118 cm³/mol. The summed E-state index contributed by atoms with van der Waals surface area (Å²) in [5, 5.41) is 4.05. The molecule has 0 atom stereocenters. The molecule has 0 N–H and O–H groups in total. The lowest BCUT2D eigenvalue weighted by Gasteiger charge is -2.34. The molecule has 0 saturated carbocycles. The van der Waals surface area contributed by atoms with Gasteiger partial charge in [0.15, 0.2) is 5.69 Å². The van der Waals surface area contributed by atoms with Crippen LogP contribution in [0.3, 0.4) is 0 Å². The van der Waals surface area contributed by atoms with Gasteiger partial charge in [0.2, 0.25) is 11.3 Å². The van der Waals surface area contributed by atoms with Gasteiger partial charge in [0.05, 0.1) is 17.8 Å². The molecule has 0 bridgehead atoms. The minimum Gasteiger partial charge on any atom is -0.342 e. The normalized spacial score (nSPS) is 17.3. The number of halogens is 3. The summed E-state index contributed by atoms with van der Waals surface area (Å²) in [6.45, 7) is 4.81. The number of rotatable bonds is 4. The zero-order chi connectivity index (χ0) is 24.5. The molecule has 1 aromatic carbocycles. The van der Waals surface area contributed by atoms with Crippen LogP contribution >= 0.6 is 0 Å². The number of carbonyl (C=O) groups is 2. The number of nitrogens with zero attached hydrogens (tertiary/aromatic N) is 5. The van der Waals surface area contributed by atoms with Crippen molar-refractivity contribution in [2.75, 3.05) is 45.8 Å². The molecule has 0 spiro atoms. The van der Waals surface area contributed by atoms with Crippen molar-refractivity contribution in [1.29, 1.82) is 0 Å². The van der Waals surface area contributed by atoms with Crippen LogP contribution in [0.5, 0.6) is 0 Å². The molecule has 0 aliphatic carbocycles. The molecule has 11 heteroatoms. The van der Waals surface area contributed by atoms with Crippen molar-refractivity contribution in [3.63, 3.8) is 0 Å². The molecular formula is C23H26F3N5O3. The first-order chi connectivity index (χ1) is 16.1. The summed E-state index contributed by atoms with van der Waals surface area (Å²) in [6, 6.07) is 6.01. The van der Waals surface area contributed by atoms with Crippen molar-refractivity contribution < 1.29 is 22.8 Å². The molecule has 2 aromatic rings. The fraction of sp³-hybridized carbons (Fsp3) is 0.478. The first-order valence-corrected chi connectivity index (χ1v) is 11.2. The molecule has 1 aromatic heterocycles. The van der Waals surface area contributed by atoms with E-state index in [1.165, 1.54) is 30.0 Å². The molecule has 2 saturated heterocycles. The number of aryl methyl sites for hydroxylation is 1. The summed E-state index contributed by atoms with van der Waals surface area (Å²) in [5.41, 5.74) is -2.06. The fourth-order valence-electron chi connectivity index (χ4n) is 4.35. The van der Waals surface area contributed by atoms with Crippen molar-refractivity contribution in [1.82, 2.24) is 24.5 Å². The smallest absolute Gasteiger partial charge is 0.342 e. The first kappa shape index (κ1) is 23.9. The third-order valence-electron chi connectivity index (χ3n) is 6.22. The van der Waals surface area contributed by atoms with Crippen molar-refractivity contribution in [2.45, 2.75) is 25.9 Å². The quantitative estimate of drug-likeness (QED) is 0.673. The Morgan fingerprint density at radius 1 is 0.971 bits per heavy atom. The van der Waals surface area contributed by atoms with E-state index < -0.39 is 28.8 Å². The molecule has 3 heterocycles. The van der Waals surface area contributed by atoms with Crippen molar-refractivity contribution in [2.24, 2.45) is 0 Å². The van der Waals surface area contributed by atoms with Crippen LogP contribution in [0.15, 0.2) is 35.1 Å². The van der Waals surface area contributed by atoms with E-state index in [-0.39, 0.29) is 23.8 Å². The highest BCUT2D eigenvalue weighted by molar-refractivity contribution is 5.92. The Hall–Kier alpha value is -3.21. The molecule has 34 heavy (non-hydrogen) atoms. The van der Waals surface area contributed by atoms with Gasteiger partial charge in [-0.25, -0.2) is 4.68 Å². The molecule has 2 aliphatic rings. The Balaban J connectivity index is 1.51. The Morgan fingerprint density at radius 3 is 2.26 bits per heavy atom. The van der Waals surface area contributed by atoms with E-state index in [0.29, 0.717) is 26.2 Å². The predicted octanol–water partition coefficient (Wildman–Crippen LogP) is 1.94. The zero-order valence-electron chi connectivity index (χ0n) is 18.8. The Labute approximate surface area is 194 Å². The fourth-order valence-corrected chi connectivity index (χ4v) is 4.35. The number of amides is 2. The minimum absolute atomic E-state index is 0.0729. The van der Waals surface area contributed by atoms with Crippen LogP contribution in [-0.2, 0) is 11.0 Å². The number of alkyl halides is 3. The minimum atomic E-state index is -4.62. The van der Waals surface area contributed by atoms with E-state index in [1.807, 2.05) is 9.80 Å². The van der Waals surface area contributed by atoms with Crippen LogP contribution in [0.25, 0.3) is 5.69 Å². The molecule has 4 rings (SSSR count). The summed E-state index contributed by atoms with van der Waals surface area (Å²) in [7, 11) is 0. The topological polar surface area (TPSA) is 78.8 Å². The lowest BCUT2D eigenvalue weighted by molar-refractivity contribution is -0.137. The molecule has 182 valence electrons. The number of likely N-dealkylation sites (tertiary alicyclic amines) is 1. The number of hydrogen-bond donors (Lipinski definition) is 0. The summed E-state index contributed by atoms with van der Waals surface area (Å²) in [6.07, 6.45) is -2.59. The van der Waals surface area contributed by atoms with Gasteiger partial charge < -0.3 is 9.80 Å². The van der Waals surface area contributed by atoms with Crippen LogP contribution < -0.4 is 5.43 Å². The Kier molecular flexibility index (Phi) is 6.74. The number of benzene rings is 1. The second-order valence-electron chi connectivity index (χ2n) is 8.58. The van der Waals surface area contributed by atoms with Gasteiger partial charge in [0.1, 0.15) is 0 Å². The maximum atomic E-state index is 13.5. The summed E-state index contributed by atoms with van der Waals surface area (Å²) >= 11 is 0. The van der Waals surface area contributed by atoms with E-state index in [2.05, 4.69) is 5.10 Å². The highest BCUT2D eigenvalue weighted by Crippen LogP contribution is 2.33. The van der Waals surface area contributed by atoms with E-state index in [4.69, 9.17) is 0 Å². The van der Waals surface area contributed by atoms with Crippen LogP contribution in [0.2, 0.25) is 0 Å². The third-order valence-corrected chi connectivity index (χ3v) is 6.22. The highest BCUT2D eigenvalue weighted by Gasteiger charge is 2.34. The van der Waals surface area contributed by atoms with Crippen molar-refractivity contribution in [3.8, 4) is 5.69 Å². The van der Waals surface area contributed by atoms with Crippen LogP contribution in [0, 0.1) is 6.92 Å². The second kappa shape index (κ2) is 9.57. The van der Waals surface area contributed by atoms with Gasteiger partial charge in [-0.2, -0.15) is 18.3 Å². The van der Waals surface area contributed by atoms with Gasteiger partial charge in [-0.15, -0.1) is 0 Å². The molecule has 0 radical (unpaired) electrons. The van der Waals surface area contributed by atoms with Crippen molar-refractivity contribution >= 4 is 11.8 Å². The van der Waals surface area contributed by atoms with Gasteiger partial charge in [-0.1, -0.05) is 12.1 Å². The van der Waals surface area contributed by atoms with Crippen LogP contribution in [0.1, 0.15) is 34.6 Å².